The lowest BCUT2D eigenvalue weighted by atomic mass is 10.3. The van der Waals surface area contributed by atoms with Gasteiger partial charge in [0.2, 0.25) is 11.0 Å². The Morgan fingerprint density at radius 2 is 1.89 bits per heavy atom. The molecule has 0 aliphatic heterocycles. The molecule has 0 saturated carbocycles. The molecular weight excluding hydrogens is 397 g/mol. The van der Waals surface area contributed by atoms with E-state index in [1.165, 1.54) is 23.5 Å². The normalized spacial score (nSPS) is 11.9. The number of rotatable bonds is 6. The van der Waals surface area contributed by atoms with Crippen LogP contribution >= 0.6 is 23.1 Å². The first-order valence-corrected chi connectivity index (χ1v) is 9.39. The fourth-order valence-electron chi connectivity index (χ4n) is 2.03. The van der Waals surface area contributed by atoms with Gasteiger partial charge in [-0.3, -0.25) is 4.79 Å². The number of amides is 1. The van der Waals surface area contributed by atoms with Crippen LogP contribution in [-0.4, -0.2) is 21.4 Å². The molecule has 0 saturated heterocycles. The van der Waals surface area contributed by atoms with E-state index in [0.717, 1.165) is 23.9 Å². The molecule has 0 spiro atoms. The summed E-state index contributed by atoms with van der Waals surface area (Å²) in [6.45, 7) is 1.63. The molecule has 5 nitrogen and oxygen atoms in total. The fraction of sp³-hybridized carbons (Fsp3) is 0.118. The highest BCUT2D eigenvalue weighted by molar-refractivity contribution is 8.02. The van der Waals surface area contributed by atoms with Crippen molar-refractivity contribution < 1.29 is 18.0 Å². The topological polar surface area (TPSA) is 66.9 Å². The van der Waals surface area contributed by atoms with Crippen LogP contribution < -0.4 is 10.6 Å². The summed E-state index contributed by atoms with van der Waals surface area (Å²) in [6.07, 6.45) is 0. The van der Waals surface area contributed by atoms with Gasteiger partial charge < -0.3 is 10.6 Å². The Hall–Kier alpha value is -2.59. The molecule has 0 aliphatic rings. The van der Waals surface area contributed by atoms with Crippen LogP contribution in [0.1, 0.15) is 6.92 Å². The molecule has 0 fully saturated rings. The van der Waals surface area contributed by atoms with Crippen LogP contribution in [0.25, 0.3) is 0 Å². The number of carbonyl (C=O) groups excluding carboxylic acids is 1. The summed E-state index contributed by atoms with van der Waals surface area (Å²) in [7, 11) is 0. The number of nitrogens with one attached hydrogen (secondary N) is 2. The van der Waals surface area contributed by atoms with Crippen LogP contribution in [0.4, 0.5) is 29.7 Å². The lowest BCUT2D eigenvalue weighted by Crippen LogP contribution is -2.22. The van der Waals surface area contributed by atoms with Crippen LogP contribution in [0, 0.1) is 17.5 Å². The van der Waals surface area contributed by atoms with E-state index in [0.29, 0.717) is 21.2 Å². The summed E-state index contributed by atoms with van der Waals surface area (Å²) in [6, 6.07) is 8.82. The number of hydrogen-bond acceptors (Lipinski definition) is 6. The monoisotopic (exact) mass is 410 g/mol. The van der Waals surface area contributed by atoms with Gasteiger partial charge in [0, 0.05) is 11.8 Å². The summed E-state index contributed by atoms with van der Waals surface area (Å²) < 4.78 is 40.2. The molecule has 1 aromatic heterocycles. The van der Waals surface area contributed by atoms with E-state index >= 15 is 0 Å². The average Bonchev–Trinajstić information content (AvgIpc) is 3.04. The predicted molar refractivity (Wildman–Crippen MR) is 99.9 cm³/mol. The minimum atomic E-state index is -0.849. The number of carbonyl (C=O) groups is 1. The molecule has 2 N–H and O–H groups in total. The van der Waals surface area contributed by atoms with Crippen molar-refractivity contribution in [3.05, 3.63) is 59.9 Å². The van der Waals surface area contributed by atoms with Gasteiger partial charge in [-0.25, -0.2) is 13.2 Å². The molecule has 3 rings (SSSR count). The number of halogens is 3. The standard InChI is InChI=1S/C17H13F3N4OS2/c1-9(15(25)22-14-6-5-11(19)8-13(14)20)26-17-24-23-16(27-17)21-12-4-2-3-10(18)7-12/h2-9H,1H3,(H,21,23)(H,22,25)/t9-/m1/s1. The highest BCUT2D eigenvalue weighted by atomic mass is 32.2. The maximum absolute atomic E-state index is 13.6. The molecule has 3 aromatic rings. The third-order valence-corrected chi connectivity index (χ3v) is 5.34. The van der Waals surface area contributed by atoms with Gasteiger partial charge in [-0.15, -0.1) is 10.2 Å². The highest BCUT2D eigenvalue weighted by Gasteiger charge is 2.19. The molecule has 1 atom stereocenters. The molecule has 27 heavy (non-hydrogen) atoms. The Bertz CT molecular complexity index is 967. The first-order valence-electron chi connectivity index (χ1n) is 7.69. The highest BCUT2D eigenvalue weighted by Crippen LogP contribution is 2.31. The van der Waals surface area contributed by atoms with Crippen molar-refractivity contribution in [2.75, 3.05) is 10.6 Å². The summed E-state index contributed by atoms with van der Waals surface area (Å²) in [4.78, 5) is 12.2. The van der Waals surface area contributed by atoms with Gasteiger partial charge in [0.15, 0.2) is 4.34 Å². The zero-order valence-corrected chi connectivity index (χ0v) is 15.5. The van der Waals surface area contributed by atoms with Crippen molar-refractivity contribution in [2.45, 2.75) is 16.5 Å². The minimum absolute atomic E-state index is 0.0976. The van der Waals surface area contributed by atoms with Gasteiger partial charge in [-0.2, -0.15) is 0 Å². The van der Waals surface area contributed by atoms with Crippen LogP contribution in [-0.2, 0) is 4.79 Å². The van der Waals surface area contributed by atoms with Gasteiger partial charge in [0.1, 0.15) is 17.5 Å². The quantitative estimate of drug-likeness (QED) is 0.571. The van der Waals surface area contributed by atoms with Crippen molar-refractivity contribution in [1.82, 2.24) is 10.2 Å². The van der Waals surface area contributed by atoms with Gasteiger partial charge in [-0.05, 0) is 37.3 Å². The van der Waals surface area contributed by atoms with Gasteiger partial charge in [0.05, 0.1) is 10.9 Å². The lowest BCUT2D eigenvalue weighted by molar-refractivity contribution is -0.115. The fourth-order valence-corrected chi connectivity index (χ4v) is 3.94. The van der Waals surface area contributed by atoms with Crippen molar-refractivity contribution in [1.29, 1.82) is 0 Å². The zero-order valence-electron chi connectivity index (χ0n) is 13.9. The van der Waals surface area contributed by atoms with Crippen molar-refractivity contribution in [2.24, 2.45) is 0 Å². The molecule has 0 radical (unpaired) electrons. The Labute approximate surface area is 161 Å². The number of anilines is 3. The average molecular weight is 410 g/mol. The molecule has 0 aliphatic carbocycles. The summed E-state index contributed by atoms with van der Waals surface area (Å²) in [5.74, 6) is -2.41. The summed E-state index contributed by atoms with van der Waals surface area (Å²) >= 11 is 2.33. The smallest absolute Gasteiger partial charge is 0.237 e. The lowest BCUT2D eigenvalue weighted by Gasteiger charge is -2.10. The number of benzene rings is 2. The van der Waals surface area contributed by atoms with E-state index in [1.807, 2.05) is 0 Å². The van der Waals surface area contributed by atoms with Crippen LogP contribution in [0.3, 0.4) is 0 Å². The molecule has 10 heteroatoms. The van der Waals surface area contributed by atoms with E-state index < -0.39 is 22.8 Å². The van der Waals surface area contributed by atoms with Gasteiger partial charge in [0.25, 0.3) is 0 Å². The second-order valence-electron chi connectivity index (χ2n) is 5.38. The van der Waals surface area contributed by atoms with Gasteiger partial charge in [-0.1, -0.05) is 29.2 Å². The zero-order chi connectivity index (χ0) is 19.4. The molecule has 1 heterocycles. The Kier molecular flexibility index (Phi) is 5.97. The van der Waals surface area contributed by atoms with Crippen molar-refractivity contribution in [3.8, 4) is 0 Å². The van der Waals surface area contributed by atoms with E-state index in [2.05, 4.69) is 20.8 Å². The third-order valence-electron chi connectivity index (χ3n) is 3.32. The van der Waals surface area contributed by atoms with E-state index in [4.69, 9.17) is 0 Å². The predicted octanol–water partition coefficient (Wildman–Crippen LogP) is 4.82. The molecule has 140 valence electrons. The summed E-state index contributed by atoms with van der Waals surface area (Å²) in [5.41, 5.74) is 0.430. The molecule has 0 bridgehead atoms. The minimum Gasteiger partial charge on any atom is -0.330 e. The van der Waals surface area contributed by atoms with Crippen LogP contribution in [0.15, 0.2) is 46.8 Å². The number of thioether (sulfide) groups is 1. The molecular formula is C17H13F3N4OS2. The maximum Gasteiger partial charge on any atom is 0.237 e. The van der Waals surface area contributed by atoms with E-state index in [-0.39, 0.29) is 11.5 Å². The first-order chi connectivity index (χ1) is 12.9. The largest absolute Gasteiger partial charge is 0.330 e. The molecule has 2 aromatic carbocycles. The Morgan fingerprint density at radius 1 is 1.11 bits per heavy atom. The van der Waals surface area contributed by atoms with E-state index in [1.54, 1.807) is 19.1 Å². The third kappa shape index (κ3) is 5.20. The Morgan fingerprint density at radius 3 is 2.63 bits per heavy atom. The number of nitrogens with zero attached hydrogens (tertiary/aromatic N) is 2. The van der Waals surface area contributed by atoms with Crippen molar-refractivity contribution >= 4 is 45.5 Å². The SMILES string of the molecule is C[C@@H](Sc1nnc(Nc2cccc(F)c2)s1)C(=O)Nc1ccc(F)cc1F. The summed E-state index contributed by atoms with van der Waals surface area (Å²) in [5, 5.41) is 13.1. The molecule has 1 amide bonds. The van der Waals surface area contributed by atoms with Crippen LogP contribution in [0.5, 0.6) is 0 Å². The van der Waals surface area contributed by atoms with Crippen LogP contribution in [0.2, 0.25) is 0 Å². The second kappa shape index (κ2) is 8.40. The van der Waals surface area contributed by atoms with E-state index in [9.17, 15) is 18.0 Å². The maximum atomic E-state index is 13.6. The van der Waals surface area contributed by atoms with Crippen molar-refractivity contribution in [3.63, 3.8) is 0 Å². The van der Waals surface area contributed by atoms with Gasteiger partial charge >= 0.3 is 0 Å². The Balaban J connectivity index is 1.59. The number of aromatic nitrogens is 2. The second-order valence-corrected chi connectivity index (χ2v) is 7.95. The first kappa shape index (κ1) is 19.2. The molecule has 0 unspecified atom stereocenters. The number of hydrogen-bond donors (Lipinski definition) is 2.